The summed E-state index contributed by atoms with van der Waals surface area (Å²) < 4.78 is 4.52. The zero-order valence-corrected chi connectivity index (χ0v) is 10.9. The normalized spacial score (nSPS) is 10.3. The molecule has 0 aromatic heterocycles. The van der Waals surface area contributed by atoms with Gasteiger partial charge in [-0.25, -0.2) is 4.79 Å². The van der Waals surface area contributed by atoms with Crippen LogP contribution in [-0.2, 0) is 4.74 Å². The molecular weight excluding hydrogens is 282 g/mol. The van der Waals surface area contributed by atoms with Crippen molar-refractivity contribution in [2.45, 2.75) is 6.92 Å². The molecule has 0 saturated heterocycles. The van der Waals surface area contributed by atoms with Crippen LogP contribution in [0.25, 0.3) is 0 Å². The van der Waals surface area contributed by atoms with Crippen LogP contribution in [0.2, 0.25) is 20.1 Å². The number of carbonyl (C=O) groups is 1. The smallest absolute Gasteiger partial charge is 0.341 e. The van der Waals surface area contributed by atoms with Crippen molar-refractivity contribution in [3.05, 3.63) is 31.2 Å². The van der Waals surface area contributed by atoms with Crippen molar-refractivity contribution in [2.24, 2.45) is 0 Å². The fourth-order valence-electron chi connectivity index (χ4n) is 1.02. The Labute approximate surface area is 107 Å². The van der Waals surface area contributed by atoms with Gasteiger partial charge in [0, 0.05) is 0 Å². The van der Waals surface area contributed by atoms with Crippen LogP contribution < -0.4 is 0 Å². The minimum Gasteiger partial charge on any atom is -0.465 e. The largest absolute Gasteiger partial charge is 0.465 e. The molecule has 0 unspecified atom stereocenters. The number of hydrogen-bond acceptors (Lipinski definition) is 2. The molecule has 1 aromatic carbocycles. The molecule has 0 heterocycles. The highest BCUT2D eigenvalue weighted by molar-refractivity contribution is 6.50. The average molecular weight is 288 g/mol. The highest BCUT2D eigenvalue weighted by atomic mass is 35.5. The van der Waals surface area contributed by atoms with Crippen LogP contribution in [0.4, 0.5) is 0 Å². The molecule has 15 heavy (non-hydrogen) atoms. The first-order chi connectivity index (χ1) is 6.91. The van der Waals surface area contributed by atoms with E-state index in [1.165, 1.54) is 7.11 Å². The monoisotopic (exact) mass is 286 g/mol. The molecule has 1 rings (SSSR count). The molecule has 6 heteroatoms. The maximum atomic E-state index is 11.4. The Morgan fingerprint density at radius 3 is 1.73 bits per heavy atom. The van der Waals surface area contributed by atoms with E-state index in [0.717, 1.165) is 0 Å². The first kappa shape index (κ1) is 12.9. The van der Waals surface area contributed by atoms with Gasteiger partial charge in [-0.3, -0.25) is 0 Å². The van der Waals surface area contributed by atoms with E-state index in [1.54, 1.807) is 6.92 Å². The summed E-state index contributed by atoms with van der Waals surface area (Å²) in [6.07, 6.45) is 0. The van der Waals surface area contributed by atoms with Gasteiger partial charge in [0.15, 0.2) is 0 Å². The lowest BCUT2D eigenvalue weighted by molar-refractivity contribution is 0.0601. The topological polar surface area (TPSA) is 26.3 Å². The van der Waals surface area contributed by atoms with Gasteiger partial charge in [-0.1, -0.05) is 46.4 Å². The van der Waals surface area contributed by atoms with Crippen LogP contribution in [0, 0.1) is 6.92 Å². The fourth-order valence-corrected chi connectivity index (χ4v) is 2.12. The van der Waals surface area contributed by atoms with Gasteiger partial charge in [-0.2, -0.15) is 0 Å². The number of halogens is 4. The molecule has 0 amide bonds. The predicted molar refractivity (Wildman–Crippen MR) is 62.6 cm³/mol. The minimum absolute atomic E-state index is 0.0126. The molecular formula is C9H6Cl4O2. The van der Waals surface area contributed by atoms with Crippen LogP contribution >= 0.6 is 46.4 Å². The first-order valence-electron chi connectivity index (χ1n) is 3.82. The Balaban J connectivity index is 3.60. The van der Waals surface area contributed by atoms with E-state index in [0.29, 0.717) is 5.56 Å². The number of rotatable bonds is 1. The molecule has 82 valence electrons. The number of carbonyl (C=O) groups excluding carboxylic acids is 1. The molecule has 0 aliphatic rings. The summed E-state index contributed by atoms with van der Waals surface area (Å²) in [6, 6.07) is 0. The van der Waals surface area contributed by atoms with E-state index >= 15 is 0 Å². The third-order valence-electron chi connectivity index (χ3n) is 1.87. The van der Waals surface area contributed by atoms with Crippen LogP contribution in [0.5, 0.6) is 0 Å². The number of hydrogen-bond donors (Lipinski definition) is 0. The maximum Gasteiger partial charge on any atom is 0.341 e. The Hall–Kier alpha value is -0.150. The minimum atomic E-state index is -0.672. The van der Waals surface area contributed by atoms with Gasteiger partial charge in [-0.15, -0.1) is 0 Å². The van der Waals surface area contributed by atoms with Crippen molar-refractivity contribution in [3.8, 4) is 0 Å². The van der Waals surface area contributed by atoms with E-state index in [4.69, 9.17) is 46.4 Å². The van der Waals surface area contributed by atoms with E-state index in [-0.39, 0.29) is 25.7 Å². The summed E-state index contributed by atoms with van der Waals surface area (Å²) in [4.78, 5) is 11.4. The quantitative estimate of drug-likeness (QED) is 0.565. The summed E-state index contributed by atoms with van der Waals surface area (Å²) >= 11 is 23.5. The van der Waals surface area contributed by atoms with Gasteiger partial charge in [0.05, 0.1) is 32.8 Å². The fraction of sp³-hybridized carbons (Fsp3) is 0.222. The van der Waals surface area contributed by atoms with Gasteiger partial charge in [0.2, 0.25) is 0 Å². The van der Waals surface area contributed by atoms with E-state index in [2.05, 4.69) is 4.74 Å². The maximum absolute atomic E-state index is 11.4. The third-order valence-corrected chi connectivity index (χ3v) is 3.77. The molecule has 2 nitrogen and oxygen atoms in total. The molecule has 0 fully saturated rings. The van der Waals surface area contributed by atoms with Crippen molar-refractivity contribution in [1.82, 2.24) is 0 Å². The number of esters is 1. The third kappa shape index (κ3) is 2.18. The van der Waals surface area contributed by atoms with E-state index in [1.807, 2.05) is 0 Å². The second-order valence-electron chi connectivity index (χ2n) is 2.75. The summed E-state index contributed by atoms with van der Waals surface area (Å²) in [7, 11) is 1.22. The van der Waals surface area contributed by atoms with Gasteiger partial charge >= 0.3 is 5.97 Å². The lowest BCUT2D eigenvalue weighted by Gasteiger charge is -2.11. The van der Waals surface area contributed by atoms with Crippen LogP contribution in [-0.4, -0.2) is 13.1 Å². The number of methoxy groups -OCH3 is 1. The first-order valence-corrected chi connectivity index (χ1v) is 5.33. The molecule has 0 N–H and O–H groups in total. The second kappa shape index (κ2) is 4.79. The lowest BCUT2D eigenvalue weighted by Crippen LogP contribution is -2.05. The zero-order valence-electron chi connectivity index (χ0n) is 7.83. The Bertz CT molecular complexity index is 400. The molecule has 0 bridgehead atoms. The van der Waals surface area contributed by atoms with Crippen LogP contribution in [0.1, 0.15) is 15.9 Å². The summed E-state index contributed by atoms with van der Waals surface area (Å²) in [5.41, 5.74) is 0.516. The number of ether oxygens (including phenoxy) is 1. The molecule has 0 spiro atoms. The SMILES string of the molecule is COC(=O)c1c(Cl)c(Cl)c(C)c(Cl)c1Cl. The predicted octanol–water partition coefficient (Wildman–Crippen LogP) is 4.40. The van der Waals surface area contributed by atoms with Crippen molar-refractivity contribution in [3.63, 3.8) is 0 Å². The molecule has 0 aliphatic carbocycles. The molecule has 0 radical (unpaired) electrons. The van der Waals surface area contributed by atoms with Gasteiger partial charge in [0.1, 0.15) is 0 Å². The molecule has 0 saturated carbocycles. The highest BCUT2D eigenvalue weighted by Gasteiger charge is 2.23. The zero-order chi connectivity index (χ0) is 11.7. The van der Waals surface area contributed by atoms with Crippen molar-refractivity contribution < 1.29 is 9.53 Å². The Kier molecular flexibility index (Phi) is 4.13. The van der Waals surface area contributed by atoms with Gasteiger partial charge in [0.25, 0.3) is 0 Å². The van der Waals surface area contributed by atoms with Crippen molar-refractivity contribution in [1.29, 1.82) is 0 Å². The second-order valence-corrected chi connectivity index (χ2v) is 4.26. The molecule has 1 aromatic rings. The summed E-state index contributed by atoms with van der Waals surface area (Å²) in [5, 5.41) is 0.503. The van der Waals surface area contributed by atoms with Crippen LogP contribution in [0.3, 0.4) is 0 Å². The number of benzene rings is 1. The molecule has 0 atom stereocenters. The Morgan fingerprint density at radius 1 is 1.00 bits per heavy atom. The standard InChI is InChI=1S/C9H6Cl4O2/c1-3-5(10)7(12)4(9(14)15-2)8(13)6(3)11/h1-2H3. The van der Waals surface area contributed by atoms with Crippen molar-refractivity contribution >= 4 is 52.4 Å². The molecule has 0 aliphatic heterocycles. The summed E-state index contributed by atoms with van der Waals surface area (Å²) in [6.45, 7) is 1.66. The van der Waals surface area contributed by atoms with E-state index in [9.17, 15) is 4.79 Å². The van der Waals surface area contributed by atoms with Gasteiger partial charge in [-0.05, 0) is 12.5 Å². The highest BCUT2D eigenvalue weighted by Crippen LogP contribution is 2.40. The van der Waals surface area contributed by atoms with E-state index < -0.39 is 5.97 Å². The Morgan fingerprint density at radius 2 is 1.40 bits per heavy atom. The summed E-state index contributed by atoms with van der Waals surface area (Å²) in [5.74, 6) is -0.672. The lowest BCUT2D eigenvalue weighted by atomic mass is 10.1. The van der Waals surface area contributed by atoms with Crippen molar-refractivity contribution in [2.75, 3.05) is 7.11 Å². The average Bonchev–Trinajstić information content (AvgIpc) is 2.23. The van der Waals surface area contributed by atoms with Crippen LogP contribution in [0.15, 0.2) is 0 Å². The van der Waals surface area contributed by atoms with Gasteiger partial charge < -0.3 is 4.74 Å².